The molecule has 0 saturated carbocycles. The molecule has 0 unspecified atom stereocenters. The van der Waals surface area contributed by atoms with Gasteiger partial charge in [0, 0.05) is 17.5 Å². The molecule has 4 nitrogen and oxygen atoms in total. The third kappa shape index (κ3) is 3.08. The van der Waals surface area contributed by atoms with Crippen molar-refractivity contribution >= 4 is 11.7 Å². The Morgan fingerprint density at radius 3 is 2.76 bits per heavy atom. The van der Waals surface area contributed by atoms with Gasteiger partial charge in [-0.3, -0.25) is 0 Å². The third-order valence-electron chi connectivity index (χ3n) is 3.73. The highest BCUT2D eigenvalue weighted by Gasteiger charge is 2.34. The maximum atomic E-state index is 12.0. The lowest BCUT2D eigenvalue weighted by molar-refractivity contribution is 0.244. The van der Waals surface area contributed by atoms with Gasteiger partial charge in [0.1, 0.15) is 0 Å². The fraction of sp³-hybridized carbons (Fsp3) is 0.412. The molecule has 21 heavy (non-hydrogen) atoms. The highest BCUT2D eigenvalue weighted by molar-refractivity contribution is 5.89. The second-order valence-electron chi connectivity index (χ2n) is 5.96. The van der Waals surface area contributed by atoms with E-state index in [0.717, 1.165) is 24.0 Å². The number of nitrogens with one attached hydrogen (secondary N) is 2. The zero-order valence-electron chi connectivity index (χ0n) is 12.8. The number of allylic oxidation sites excluding steroid dienone is 1. The lowest BCUT2D eigenvalue weighted by Crippen LogP contribution is -2.38. The van der Waals surface area contributed by atoms with Gasteiger partial charge in [-0.05, 0) is 18.4 Å². The van der Waals surface area contributed by atoms with Crippen molar-refractivity contribution in [2.75, 3.05) is 6.54 Å². The third-order valence-corrected chi connectivity index (χ3v) is 3.73. The van der Waals surface area contributed by atoms with Crippen molar-refractivity contribution in [2.24, 2.45) is 5.41 Å². The van der Waals surface area contributed by atoms with Gasteiger partial charge in [0.2, 0.25) is 0 Å². The normalized spacial score (nSPS) is 15.9. The van der Waals surface area contributed by atoms with E-state index in [9.17, 15) is 10.1 Å². The lowest BCUT2D eigenvalue weighted by Gasteiger charge is -2.33. The topological polar surface area (TPSA) is 64.9 Å². The Labute approximate surface area is 125 Å². The van der Waals surface area contributed by atoms with Crippen molar-refractivity contribution in [3.63, 3.8) is 0 Å². The maximum Gasteiger partial charge on any atom is 0.319 e. The van der Waals surface area contributed by atoms with Gasteiger partial charge in [0.05, 0.1) is 17.3 Å². The molecule has 0 aliphatic heterocycles. The summed E-state index contributed by atoms with van der Waals surface area (Å²) in [7, 11) is 0. The van der Waals surface area contributed by atoms with Crippen molar-refractivity contribution in [1.29, 1.82) is 5.26 Å². The zero-order valence-corrected chi connectivity index (χ0v) is 12.8. The number of rotatable bonds is 3. The maximum absolute atomic E-state index is 12.0. The zero-order chi connectivity index (χ0) is 15.5. The summed E-state index contributed by atoms with van der Waals surface area (Å²) in [6.45, 7) is 6.69. The number of urea groups is 1. The molecule has 0 aromatic heterocycles. The van der Waals surface area contributed by atoms with E-state index in [4.69, 9.17) is 0 Å². The average molecular weight is 283 g/mol. The number of nitriles is 1. The molecule has 0 saturated heterocycles. The number of benzene rings is 1. The Balaban J connectivity index is 2.43. The highest BCUT2D eigenvalue weighted by atomic mass is 16.2. The van der Waals surface area contributed by atoms with Crippen LogP contribution >= 0.6 is 0 Å². The predicted molar refractivity (Wildman–Crippen MR) is 83.3 cm³/mol. The second-order valence-corrected chi connectivity index (χ2v) is 5.96. The quantitative estimate of drug-likeness (QED) is 0.894. The molecule has 0 spiro atoms. The molecule has 0 heterocycles. The summed E-state index contributed by atoms with van der Waals surface area (Å²) in [6.07, 6.45) is 1.67. The molecule has 1 aliphatic carbocycles. The number of hydrogen-bond donors (Lipinski definition) is 2. The van der Waals surface area contributed by atoms with Gasteiger partial charge in [0.15, 0.2) is 0 Å². The molecule has 0 bridgehead atoms. The molecule has 0 atom stereocenters. The Kier molecular flexibility index (Phi) is 4.32. The standard InChI is InChI=1S/C17H21N3O/c1-4-9-19-16(21)20-15-13-8-6-5-7-12(13)10-17(2,3)14(15)11-18/h5-8H,4,9-10H2,1-3H3,(H2,19,20,21). The van der Waals surface area contributed by atoms with Crippen LogP contribution in [-0.2, 0) is 6.42 Å². The molecule has 0 radical (unpaired) electrons. The molecule has 2 amide bonds. The summed E-state index contributed by atoms with van der Waals surface area (Å²) < 4.78 is 0. The lowest BCUT2D eigenvalue weighted by atomic mass is 9.72. The van der Waals surface area contributed by atoms with Crippen LogP contribution in [0, 0.1) is 16.7 Å². The van der Waals surface area contributed by atoms with Gasteiger partial charge in [-0.15, -0.1) is 0 Å². The molecular formula is C17H21N3O. The molecule has 1 aromatic carbocycles. The molecule has 2 rings (SSSR count). The first kappa shape index (κ1) is 15.1. The largest absolute Gasteiger partial charge is 0.338 e. The smallest absolute Gasteiger partial charge is 0.319 e. The predicted octanol–water partition coefficient (Wildman–Crippen LogP) is 3.21. The van der Waals surface area contributed by atoms with Crippen molar-refractivity contribution in [3.05, 3.63) is 41.0 Å². The van der Waals surface area contributed by atoms with E-state index in [1.807, 2.05) is 39.0 Å². The Morgan fingerprint density at radius 1 is 1.38 bits per heavy atom. The van der Waals surface area contributed by atoms with Gasteiger partial charge in [-0.2, -0.15) is 5.26 Å². The van der Waals surface area contributed by atoms with Gasteiger partial charge < -0.3 is 10.6 Å². The molecule has 0 fully saturated rings. The molecule has 4 heteroatoms. The van der Waals surface area contributed by atoms with E-state index >= 15 is 0 Å². The average Bonchev–Trinajstić information content (AvgIpc) is 2.44. The van der Waals surface area contributed by atoms with Gasteiger partial charge in [-0.1, -0.05) is 45.0 Å². The van der Waals surface area contributed by atoms with E-state index in [-0.39, 0.29) is 11.4 Å². The summed E-state index contributed by atoms with van der Waals surface area (Å²) in [4.78, 5) is 12.0. The summed E-state index contributed by atoms with van der Waals surface area (Å²) in [5.74, 6) is 0. The monoisotopic (exact) mass is 283 g/mol. The fourth-order valence-corrected chi connectivity index (χ4v) is 2.69. The van der Waals surface area contributed by atoms with Crippen molar-refractivity contribution in [3.8, 4) is 6.07 Å². The number of amides is 2. The minimum atomic E-state index is -0.281. The first-order valence-corrected chi connectivity index (χ1v) is 7.27. The highest BCUT2D eigenvalue weighted by Crippen LogP contribution is 2.41. The summed E-state index contributed by atoms with van der Waals surface area (Å²) >= 11 is 0. The van der Waals surface area contributed by atoms with Crippen LogP contribution in [0.4, 0.5) is 4.79 Å². The van der Waals surface area contributed by atoms with Crippen LogP contribution in [0.25, 0.3) is 5.70 Å². The molecule has 1 aromatic rings. The fourth-order valence-electron chi connectivity index (χ4n) is 2.69. The number of carbonyl (C=O) groups excluding carboxylic acids is 1. The van der Waals surface area contributed by atoms with Gasteiger partial charge in [-0.25, -0.2) is 4.79 Å². The number of carbonyl (C=O) groups is 1. The number of fused-ring (bicyclic) bond motifs is 1. The first-order valence-electron chi connectivity index (χ1n) is 7.27. The van der Waals surface area contributed by atoms with Gasteiger partial charge in [0.25, 0.3) is 0 Å². The van der Waals surface area contributed by atoms with E-state index in [2.05, 4.69) is 22.8 Å². The van der Waals surface area contributed by atoms with Crippen LogP contribution in [0.1, 0.15) is 38.3 Å². The van der Waals surface area contributed by atoms with Crippen LogP contribution < -0.4 is 10.6 Å². The minimum Gasteiger partial charge on any atom is -0.338 e. The molecular weight excluding hydrogens is 262 g/mol. The van der Waals surface area contributed by atoms with E-state index in [1.54, 1.807) is 0 Å². The minimum absolute atomic E-state index is 0.257. The van der Waals surface area contributed by atoms with E-state index in [0.29, 0.717) is 17.8 Å². The van der Waals surface area contributed by atoms with Crippen LogP contribution in [0.2, 0.25) is 0 Å². The van der Waals surface area contributed by atoms with E-state index in [1.165, 1.54) is 0 Å². The van der Waals surface area contributed by atoms with Crippen molar-refractivity contribution < 1.29 is 4.79 Å². The van der Waals surface area contributed by atoms with Crippen LogP contribution in [0.3, 0.4) is 0 Å². The summed E-state index contributed by atoms with van der Waals surface area (Å²) in [6, 6.07) is 9.95. The SMILES string of the molecule is CCCNC(=O)NC1=C(C#N)C(C)(C)Cc2ccccc21. The molecule has 1 aliphatic rings. The summed E-state index contributed by atoms with van der Waals surface area (Å²) in [5.41, 5.74) is 3.09. The summed E-state index contributed by atoms with van der Waals surface area (Å²) in [5, 5.41) is 15.2. The molecule has 2 N–H and O–H groups in total. The Bertz CT molecular complexity index is 623. The van der Waals surface area contributed by atoms with Crippen LogP contribution in [0.5, 0.6) is 0 Å². The number of nitrogens with zero attached hydrogens (tertiary/aromatic N) is 1. The molecule has 110 valence electrons. The first-order chi connectivity index (χ1) is 9.99. The van der Waals surface area contributed by atoms with Crippen LogP contribution in [-0.4, -0.2) is 12.6 Å². The van der Waals surface area contributed by atoms with Crippen molar-refractivity contribution in [2.45, 2.75) is 33.6 Å². The van der Waals surface area contributed by atoms with Gasteiger partial charge >= 0.3 is 6.03 Å². The Morgan fingerprint density at radius 2 is 2.10 bits per heavy atom. The van der Waals surface area contributed by atoms with Crippen LogP contribution in [0.15, 0.2) is 29.8 Å². The second kappa shape index (κ2) is 6.01. The Hall–Kier alpha value is -2.28. The number of hydrogen-bond acceptors (Lipinski definition) is 2. The van der Waals surface area contributed by atoms with E-state index < -0.39 is 0 Å². The van der Waals surface area contributed by atoms with Crippen molar-refractivity contribution in [1.82, 2.24) is 10.6 Å².